The number of rotatable bonds is 6. The number of hydrogen-bond acceptors (Lipinski definition) is 8. The average Bonchev–Trinajstić information content (AvgIpc) is 3.34. The highest BCUT2D eigenvalue weighted by Crippen LogP contribution is 2.35. The molecule has 0 atom stereocenters. The van der Waals surface area contributed by atoms with Crippen LogP contribution in [0.5, 0.6) is 5.75 Å². The summed E-state index contributed by atoms with van der Waals surface area (Å²) in [6.45, 7) is 2.96. The number of hydrogen-bond donors (Lipinski definition) is 1. The van der Waals surface area contributed by atoms with Gasteiger partial charge in [0, 0.05) is 36.9 Å². The number of methoxy groups -OCH3 is 1. The molecule has 9 heteroatoms. The molecule has 4 heterocycles. The van der Waals surface area contributed by atoms with E-state index in [4.69, 9.17) is 20.2 Å². The summed E-state index contributed by atoms with van der Waals surface area (Å²) >= 11 is 0. The van der Waals surface area contributed by atoms with E-state index >= 15 is 0 Å². The van der Waals surface area contributed by atoms with Crippen molar-refractivity contribution >= 4 is 27.9 Å². The van der Waals surface area contributed by atoms with Crippen molar-refractivity contribution in [2.45, 2.75) is 6.42 Å². The highest BCUT2D eigenvalue weighted by molar-refractivity contribution is 5.94. The number of ether oxygens (including phenoxy) is 2. The summed E-state index contributed by atoms with van der Waals surface area (Å²) < 4.78 is 12.9. The molecule has 0 amide bonds. The van der Waals surface area contributed by atoms with E-state index in [-0.39, 0.29) is 0 Å². The van der Waals surface area contributed by atoms with Gasteiger partial charge < -0.3 is 20.1 Å². The zero-order valence-corrected chi connectivity index (χ0v) is 19.4. The van der Waals surface area contributed by atoms with Crippen molar-refractivity contribution < 1.29 is 9.47 Å². The molecule has 9 nitrogen and oxygen atoms in total. The second-order valence-corrected chi connectivity index (χ2v) is 8.50. The molecule has 0 spiro atoms. The number of para-hydroxylation sites is 1. The number of nitrogen functional groups attached to an aromatic ring is 1. The fourth-order valence-electron chi connectivity index (χ4n) is 4.52. The Kier molecular flexibility index (Phi) is 5.38. The van der Waals surface area contributed by atoms with E-state index in [1.165, 1.54) is 0 Å². The predicted molar refractivity (Wildman–Crippen MR) is 136 cm³/mol. The van der Waals surface area contributed by atoms with E-state index in [0.29, 0.717) is 36.1 Å². The molecule has 0 radical (unpaired) electrons. The Bertz CT molecular complexity index is 1510. The Balaban J connectivity index is 1.42. The lowest BCUT2D eigenvalue weighted by atomic mass is 10.0. The number of benzene rings is 2. The molecule has 6 rings (SSSR count). The fourth-order valence-corrected chi connectivity index (χ4v) is 4.52. The van der Waals surface area contributed by atoms with Crippen molar-refractivity contribution in [1.82, 2.24) is 24.8 Å². The summed E-state index contributed by atoms with van der Waals surface area (Å²) in [6.07, 6.45) is 2.75. The standard InChI is InChI=1S/C26H25N7O2/c1-34-14-3-12-32-13-15-35-24-22(32)16-28-33-25(30-31-26(24)33)21-11-8-18-4-2-5-20(23(18)29-21)17-6-9-19(27)10-7-17/h2,4-11,16H,3,12-15,27H2,1H3. The van der Waals surface area contributed by atoms with Gasteiger partial charge in [0.2, 0.25) is 11.5 Å². The van der Waals surface area contributed by atoms with E-state index in [1.807, 2.05) is 48.7 Å². The van der Waals surface area contributed by atoms with Crippen molar-refractivity contribution in [3.05, 3.63) is 60.8 Å². The molecule has 0 saturated carbocycles. The minimum absolute atomic E-state index is 0.567. The topological polar surface area (TPSA) is 104 Å². The van der Waals surface area contributed by atoms with Gasteiger partial charge >= 0.3 is 0 Å². The van der Waals surface area contributed by atoms with Crippen molar-refractivity contribution in [2.24, 2.45) is 0 Å². The molecule has 0 aliphatic carbocycles. The average molecular weight is 468 g/mol. The Labute approximate surface area is 202 Å². The molecule has 3 aromatic heterocycles. The molecule has 5 aromatic rings. The molecule has 2 N–H and O–H groups in total. The summed E-state index contributed by atoms with van der Waals surface area (Å²) in [5.41, 5.74) is 11.8. The highest BCUT2D eigenvalue weighted by atomic mass is 16.5. The maximum Gasteiger partial charge on any atom is 0.222 e. The summed E-state index contributed by atoms with van der Waals surface area (Å²) in [4.78, 5) is 7.24. The summed E-state index contributed by atoms with van der Waals surface area (Å²) in [6, 6.07) is 18.0. The van der Waals surface area contributed by atoms with Crippen LogP contribution in [0.2, 0.25) is 0 Å². The SMILES string of the molecule is COCCCN1CCOc2c1cnn1c(-c3ccc4cccc(-c5ccc(N)cc5)c4n3)nnc21. The van der Waals surface area contributed by atoms with Gasteiger partial charge in [0.25, 0.3) is 0 Å². The number of anilines is 2. The monoisotopic (exact) mass is 467 g/mol. The van der Waals surface area contributed by atoms with Crippen LogP contribution in [0.1, 0.15) is 6.42 Å². The lowest BCUT2D eigenvalue weighted by Crippen LogP contribution is -2.34. The van der Waals surface area contributed by atoms with Crippen molar-refractivity contribution in [3.8, 4) is 28.4 Å². The van der Waals surface area contributed by atoms with Crippen LogP contribution >= 0.6 is 0 Å². The lowest BCUT2D eigenvalue weighted by molar-refractivity contribution is 0.195. The molecule has 176 valence electrons. The van der Waals surface area contributed by atoms with Crippen LogP contribution in [-0.2, 0) is 4.74 Å². The molecule has 0 bridgehead atoms. The number of nitrogens with two attached hydrogens (primary N) is 1. The van der Waals surface area contributed by atoms with E-state index in [0.717, 1.165) is 52.9 Å². The number of fused-ring (bicyclic) bond motifs is 4. The second-order valence-electron chi connectivity index (χ2n) is 8.50. The van der Waals surface area contributed by atoms with E-state index in [9.17, 15) is 0 Å². The van der Waals surface area contributed by atoms with Crippen molar-refractivity contribution in [3.63, 3.8) is 0 Å². The predicted octanol–water partition coefficient (Wildman–Crippen LogP) is 3.82. The molecule has 2 aromatic carbocycles. The van der Waals surface area contributed by atoms with E-state index < -0.39 is 0 Å². The molecule has 1 aliphatic heterocycles. The molecular formula is C26H25N7O2. The van der Waals surface area contributed by atoms with Gasteiger partial charge in [0.05, 0.1) is 18.3 Å². The first-order chi connectivity index (χ1) is 17.2. The molecule has 0 unspecified atom stereocenters. The molecule has 0 fully saturated rings. The summed E-state index contributed by atoms with van der Waals surface area (Å²) in [5, 5.41) is 14.6. The van der Waals surface area contributed by atoms with Gasteiger partial charge in [-0.15, -0.1) is 10.2 Å². The molecule has 0 saturated heterocycles. The largest absolute Gasteiger partial charge is 0.486 e. The second kappa shape index (κ2) is 8.84. The van der Waals surface area contributed by atoms with E-state index in [1.54, 1.807) is 11.6 Å². The minimum atomic E-state index is 0.567. The van der Waals surface area contributed by atoms with Crippen LogP contribution in [0, 0.1) is 0 Å². The Morgan fingerprint density at radius 2 is 1.94 bits per heavy atom. The van der Waals surface area contributed by atoms with Crippen LogP contribution in [0.4, 0.5) is 11.4 Å². The Morgan fingerprint density at radius 3 is 2.80 bits per heavy atom. The lowest BCUT2D eigenvalue weighted by Gasteiger charge is -2.30. The van der Waals surface area contributed by atoms with Crippen molar-refractivity contribution in [1.29, 1.82) is 0 Å². The van der Waals surface area contributed by atoms with Gasteiger partial charge in [-0.3, -0.25) is 0 Å². The summed E-state index contributed by atoms with van der Waals surface area (Å²) in [7, 11) is 1.72. The van der Waals surface area contributed by atoms with Gasteiger partial charge in [-0.2, -0.15) is 9.61 Å². The zero-order chi connectivity index (χ0) is 23.8. The fraction of sp³-hybridized carbons (Fsp3) is 0.231. The van der Waals surface area contributed by atoms with Gasteiger partial charge in [-0.05, 0) is 30.2 Å². The zero-order valence-electron chi connectivity index (χ0n) is 19.4. The molecule has 35 heavy (non-hydrogen) atoms. The van der Waals surface area contributed by atoms with Crippen LogP contribution in [-0.4, -0.2) is 58.2 Å². The maximum absolute atomic E-state index is 6.01. The van der Waals surface area contributed by atoms with Crippen LogP contribution in [0.15, 0.2) is 60.8 Å². The van der Waals surface area contributed by atoms with Crippen LogP contribution in [0.25, 0.3) is 39.2 Å². The first-order valence-corrected chi connectivity index (χ1v) is 11.6. The first kappa shape index (κ1) is 21.3. The molecule has 1 aliphatic rings. The number of aromatic nitrogens is 5. The molecular weight excluding hydrogens is 442 g/mol. The van der Waals surface area contributed by atoms with Crippen LogP contribution in [0.3, 0.4) is 0 Å². The smallest absolute Gasteiger partial charge is 0.222 e. The number of nitrogens with zero attached hydrogens (tertiary/aromatic N) is 6. The third kappa shape index (κ3) is 3.79. The normalized spacial score (nSPS) is 13.2. The third-order valence-corrected chi connectivity index (χ3v) is 6.27. The number of pyridine rings is 1. The first-order valence-electron chi connectivity index (χ1n) is 11.6. The van der Waals surface area contributed by atoms with E-state index in [2.05, 4.69) is 32.3 Å². The highest BCUT2D eigenvalue weighted by Gasteiger charge is 2.24. The Morgan fingerprint density at radius 1 is 1.06 bits per heavy atom. The minimum Gasteiger partial charge on any atom is -0.486 e. The quantitative estimate of drug-likeness (QED) is 0.297. The summed E-state index contributed by atoms with van der Waals surface area (Å²) in [5.74, 6) is 1.27. The van der Waals surface area contributed by atoms with Crippen molar-refractivity contribution in [2.75, 3.05) is 44.0 Å². The van der Waals surface area contributed by atoms with Crippen LogP contribution < -0.4 is 15.4 Å². The Hall–Kier alpha value is -4.24. The maximum atomic E-state index is 6.01. The van der Waals surface area contributed by atoms with Gasteiger partial charge in [-0.25, -0.2) is 4.98 Å². The third-order valence-electron chi connectivity index (χ3n) is 6.27. The van der Waals surface area contributed by atoms with Gasteiger partial charge in [0.15, 0.2) is 5.75 Å². The van der Waals surface area contributed by atoms with Gasteiger partial charge in [-0.1, -0.05) is 36.4 Å². The van der Waals surface area contributed by atoms with Gasteiger partial charge in [0.1, 0.15) is 18.0 Å².